The first-order valence-corrected chi connectivity index (χ1v) is 9.77. The summed E-state index contributed by atoms with van der Waals surface area (Å²) >= 11 is 6.06. The second-order valence-corrected chi connectivity index (χ2v) is 8.23. The molecule has 0 radical (unpaired) electrons. The van der Waals surface area contributed by atoms with Gasteiger partial charge < -0.3 is 0 Å². The number of nitrogens with zero attached hydrogens (tertiary/aromatic N) is 1. The molecule has 0 amide bonds. The summed E-state index contributed by atoms with van der Waals surface area (Å²) in [5, 5.41) is 0.436. The summed E-state index contributed by atoms with van der Waals surface area (Å²) in [6.45, 7) is 2.09. The summed E-state index contributed by atoms with van der Waals surface area (Å²) in [6, 6.07) is 19.1. The lowest BCUT2D eigenvalue weighted by Gasteiger charge is -2.25. The van der Waals surface area contributed by atoms with Gasteiger partial charge in [0.2, 0.25) is 0 Å². The molecule has 0 heterocycles. The lowest BCUT2D eigenvalue weighted by atomic mass is 10.1. The highest BCUT2D eigenvalue weighted by molar-refractivity contribution is 7.92. The fourth-order valence-corrected chi connectivity index (χ4v) is 4.29. The average Bonchev–Trinajstić information content (AvgIpc) is 2.60. The van der Waals surface area contributed by atoms with Crippen LogP contribution in [0.15, 0.2) is 77.7 Å². The first kappa shape index (κ1) is 18.4. The van der Waals surface area contributed by atoms with E-state index in [1.165, 1.54) is 16.4 Å². The van der Waals surface area contributed by atoms with Crippen LogP contribution >= 0.6 is 11.6 Å². The number of benzene rings is 3. The zero-order valence-corrected chi connectivity index (χ0v) is 15.6. The molecule has 26 heavy (non-hydrogen) atoms. The van der Waals surface area contributed by atoms with Crippen molar-refractivity contribution in [2.24, 2.45) is 0 Å². The highest BCUT2D eigenvalue weighted by Gasteiger charge is 2.25. The molecule has 0 aromatic heterocycles. The van der Waals surface area contributed by atoms with E-state index in [2.05, 4.69) is 0 Å². The van der Waals surface area contributed by atoms with Gasteiger partial charge in [0.1, 0.15) is 5.82 Å². The van der Waals surface area contributed by atoms with Crippen LogP contribution in [0.1, 0.15) is 11.1 Å². The molecular weight excluding hydrogens is 373 g/mol. The number of hydrogen-bond donors (Lipinski definition) is 0. The number of sulfonamides is 1. The fourth-order valence-electron chi connectivity index (χ4n) is 2.66. The van der Waals surface area contributed by atoms with Crippen LogP contribution in [0.25, 0.3) is 0 Å². The van der Waals surface area contributed by atoms with Crippen LogP contribution in [-0.2, 0) is 16.6 Å². The minimum Gasteiger partial charge on any atom is -0.262 e. The Labute approximate surface area is 157 Å². The fraction of sp³-hybridized carbons (Fsp3) is 0.100. The molecular formula is C20H17ClFNO2S. The van der Waals surface area contributed by atoms with E-state index in [0.29, 0.717) is 10.7 Å². The molecule has 0 aliphatic rings. The van der Waals surface area contributed by atoms with Gasteiger partial charge in [-0.15, -0.1) is 0 Å². The van der Waals surface area contributed by atoms with Gasteiger partial charge in [0.25, 0.3) is 10.0 Å². The van der Waals surface area contributed by atoms with Crippen molar-refractivity contribution in [3.05, 3.63) is 94.8 Å². The van der Waals surface area contributed by atoms with Gasteiger partial charge in [0.15, 0.2) is 0 Å². The molecule has 3 rings (SSSR count). The summed E-state index contributed by atoms with van der Waals surface area (Å²) in [7, 11) is -3.89. The number of aryl methyl sites for hydroxylation is 1. The number of anilines is 1. The summed E-state index contributed by atoms with van der Waals surface area (Å²) in [4.78, 5) is 0.0199. The Balaban J connectivity index is 2.09. The summed E-state index contributed by atoms with van der Waals surface area (Å²) in [6.07, 6.45) is 0. The molecule has 0 unspecified atom stereocenters. The van der Waals surface area contributed by atoms with E-state index < -0.39 is 15.8 Å². The lowest BCUT2D eigenvalue weighted by Crippen LogP contribution is -2.30. The molecule has 6 heteroatoms. The van der Waals surface area contributed by atoms with Gasteiger partial charge >= 0.3 is 0 Å². The van der Waals surface area contributed by atoms with Crippen molar-refractivity contribution in [1.29, 1.82) is 0 Å². The van der Waals surface area contributed by atoms with Crippen molar-refractivity contribution in [1.82, 2.24) is 0 Å². The third-order valence-electron chi connectivity index (χ3n) is 3.91. The van der Waals surface area contributed by atoms with Crippen molar-refractivity contribution in [3.8, 4) is 0 Å². The topological polar surface area (TPSA) is 37.4 Å². The van der Waals surface area contributed by atoms with Crippen LogP contribution in [0.4, 0.5) is 10.1 Å². The molecule has 3 aromatic rings. The molecule has 0 saturated carbocycles. The quantitative estimate of drug-likeness (QED) is 0.602. The van der Waals surface area contributed by atoms with Crippen molar-refractivity contribution < 1.29 is 12.8 Å². The average molecular weight is 390 g/mol. The molecule has 0 N–H and O–H groups in total. The van der Waals surface area contributed by atoms with Gasteiger partial charge in [0.05, 0.1) is 17.1 Å². The number of halogens is 2. The van der Waals surface area contributed by atoms with Crippen molar-refractivity contribution >= 4 is 27.3 Å². The van der Waals surface area contributed by atoms with Gasteiger partial charge in [-0.25, -0.2) is 12.8 Å². The van der Waals surface area contributed by atoms with Gasteiger partial charge in [-0.3, -0.25) is 4.31 Å². The first-order chi connectivity index (χ1) is 12.4. The highest BCUT2D eigenvalue weighted by Crippen LogP contribution is 2.28. The Morgan fingerprint density at radius 1 is 0.962 bits per heavy atom. The summed E-state index contributed by atoms with van der Waals surface area (Å²) in [5.74, 6) is -0.489. The van der Waals surface area contributed by atoms with E-state index in [1.807, 2.05) is 31.2 Å². The van der Waals surface area contributed by atoms with Gasteiger partial charge in [-0.1, -0.05) is 47.5 Å². The maximum absolute atomic E-state index is 13.2. The third kappa shape index (κ3) is 4.06. The smallest absolute Gasteiger partial charge is 0.262 e. The predicted octanol–water partition coefficient (Wildman–Crippen LogP) is 5.18. The molecule has 0 spiro atoms. The molecule has 0 aliphatic carbocycles. The number of hydrogen-bond acceptors (Lipinski definition) is 2. The largest absolute Gasteiger partial charge is 0.264 e. The van der Waals surface area contributed by atoms with E-state index in [0.717, 1.165) is 23.3 Å². The molecule has 0 bridgehead atoms. The standard InChI is InChI=1S/C20H17ClFNO2S/c1-15-4-2-5-16(12-15)14-23(19-7-3-6-17(21)13-19)26(24,25)20-10-8-18(22)9-11-20/h2-13H,14H2,1H3. The minimum absolute atomic E-state index is 0.0199. The molecule has 0 atom stereocenters. The SMILES string of the molecule is Cc1cccc(CN(c2cccc(Cl)c2)S(=O)(=O)c2ccc(F)cc2)c1. The molecule has 0 aliphatic heterocycles. The van der Waals surface area contributed by atoms with Crippen molar-refractivity contribution in [2.75, 3.05) is 4.31 Å². The summed E-state index contributed by atoms with van der Waals surface area (Å²) < 4.78 is 40.9. The monoisotopic (exact) mass is 389 g/mol. The zero-order valence-electron chi connectivity index (χ0n) is 14.1. The number of rotatable bonds is 5. The Bertz CT molecular complexity index is 1020. The molecule has 0 saturated heterocycles. The molecule has 0 fully saturated rings. The van der Waals surface area contributed by atoms with E-state index in [1.54, 1.807) is 24.3 Å². The van der Waals surface area contributed by atoms with Crippen LogP contribution < -0.4 is 4.31 Å². The van der Waals surface area contributed by atoms with Crippen LogP contribution in [-0.4, -0.2) is 8.42 Å². The molecule has 134 valence electrons. The minimum atomic E-state index is -3.89. The van der Waals surface area contributed by atoms with E-state index >= 15 is 0 Å². The van der Waals surface area contributed by atoms with E-state index in [-0.39, 0.29) is 11.4 Å². The molecule has 3 nitrogen and oxygen atoms in total. The van der Waals surface area contributed by atoms with Crippen LogP contribution in [0.2, 0.25) is 5.02 Å². The Kier molecular flexibility index (Phi) is 5.30. The lowest BCUT2D eigenvalue weighted by molar-refractivity contribution is 0.589. The Hall–Kier alpha value is -2.37. The van der Waals surface area contributed by atoms with Crippen LogP contribution in [0.5, 0.6) is 0 Å². The second kappa shape index (κ2) is 7.48. The van der Waals surface area contributed by atoms with Gasteiger partial charge in [-0.05, 0) is 55.0 Å². The second-order valence-electron chi connectivity index (χ2n) is 5.93. The maximum Gasteiger partial charge on any atom is 0.264 e. The predicted molar refractivity (Wildman–Crippen MR) is 102 cm³/mol. The van der Waals surface area contributed by atoms with E-state index in [9.17, 15) is 12.8 Å². The Morgan fingerprint density at radius 2 is 1.65 bits per heavy atom. The highest BCUT2D eigenvalue weighted by atomic mass is 35.5. The van der Waals surface area contributed by atoms with Crippen LogP contribution in [0, 0.1) is 12.7 Å². The third-order valence-corrected chi connectivity index (χ3v) is 5.93. The van der Waals surface area contributed by atoms with Crippen LogP contribution in [0.3, 0.4) is 0 Å². The van der Waals surface area contributed by atoms with E-state index in [4.69, 9.17) is 11.6 Å². The summed E-state index contributed by atoms with van der Waals surface area (Å²) in [5.41, 5.74) is 2.33. The first-order valence-electron chi connectivity index (χ1n) is 7.96. The van der Waals surface area contributed by atoms with Gasteiger partial charge in [0, 0.05) is 5.02 Å². The molecule has 3 aromatic carbocycles. The normalized spacial score (nSPS) is 11.3. The maximum atomic E-state index is 13.2. The Morgan fingerprint density at radius 3 is 2.31 bits per heavy atom. The van der Waals surface area contributed by atoms with Crippen molar-refractivity contribution in [3.63, 3.8) is 0 Å². The zero-order chi connectivity index (χ0) is 18.7. The van der Waals surface area contributed by atoms with Gasteiger partial charge in [-0.2, -0.15) is 0 Å². The van der Waals surface area contributed by atoms with Crippen molar-refractivity contribution in [2.45, 2.75) is 18.4 Å².